The quantitative estimate of drug-likeness (QED) is 0.327. The van der Waals surface area contributed by atoms with Gasteiger partial charge < -0.3 is 44.5 Å². The van der Waals surface area contributed by atoms with E-state index in [4.69, 9.17) is 18.9 Å². The van der Waals surface area contributed by atoms with Crippen molar-refractivity contribution in [1.82, 2.24) is 0 Å². The molecule has 6 fully saturated rings. The van der Waals surface area contributed by atoms with E-state index in [1.165, 1.54) is 0 Å². The lowest BCUT2D eigenvalue weighted by atomic mass is 9.47. The number of ether oxygens (including phenoxy) is 4. The van der Waals surface area contributed by atoms with E-state index in [2.05, 4.69) is 6.92 Å². The van der Waals surface area contributed by atoms with Crippen LogP contribution in [0.3, 0.4) is 0 Å². The van der Waals surface area contributed by atoms with Crippen LogP contribution in [0.4, 0.5) is 0 Å². The lowest BCUT2D eigenvalue weighted by Crippen LogP contribution is -2.59. The minimum atomic E-state index is -1.53. The zero-order chi connectivity index (χ0) is 25.7. The lowest BCUT2D eigenvalue weighted by Gasteiger charge is -2.55. The molecule has 10 heteroatoms. The number of hydrogen-bond donors (Lipinski definition) is 5. The maximum Gasteiger partial charge on any atom is 0.314 e. The van der Waals surface area contributed by atoms with E-state index < -0.39 is 54.6 Å². The van der Waals surface area contributed by atoms with Crippen molar-refractivity contribution in [2.45, 2.75) is 101 Å². The summed E-state index contributed by atoms with van der Waals surface area (Å²) in [5.41, 5.74) is -2.14. The fourth-order valence-electron chi connectivity index (χ4n) is 9.45. The molecule has 36 heavy (non-hydrogen) atoms. The number of fused-ring (bicyclic) bond motifs is 2. The molecule has 2 bridgehead atoms. The third-order valence-electron chi connectivity index (χ3n) is 11.1. The van der Waals surface area contributed by atoms with Crippen LogP contribution in [-0.2, 0) is 23.7 Å². The minimum absolute atomic E-state index is 0.00812. The summed E-state index contributed by atoms with van der Waals surface area (Å²) in [6.45, 7) is 4.10. The van der Waals surface area contributed by atoms with Gasteiger partial charge in [-0.15, -0.1) is 0 Å². The van der Waals surface area contributed by atoms with Crippen LogP contribution in [0.15, 0.2) is 0 Å². The number of carbonyl (C=O) groups is 1. The first-order valence-corrected chi connectivity index (χ1v) is 13.4. The first kappa shape index (κ1) is 25.4. The summed E-state index contributed by atoms with van der Waals surface area (Å²) in [4.78, 5) is 12.9. The van der Waals surface area contributed by atoms with Gasteiger partial charge in [-0.2, -0.15) is 0 Å². The fraction of sp³-hybridized carbons (Fsp3) is 0.962. The number of aliphatic hydroxyl groups is 5. The van der Waals surface area contributed by atoms with Crippen LogP contribution in [0.1, 0.15) is 58.8 Å². The Balaban J connectivity index is 1.24. The van der Waals surface area contributed by atoms with Gasteiger partial charge in [-0.1, -0.05) is 13.3 Å². The van der Waals surface area contributed by atoms with Gasteiger partial charge in [0.05, 0.1) is 30.8 Å². The van der Waals surface area contributed by atoms with Crippen LogP contribution in [0.25, 0.3) is 0 Å². The molecule has 3 aliphatic carbocycles. The molecule has 13 atom stereocenters. The number of rotatable bonds is 4. The molecular weight excluding hydrogens is 472 g/mol. The van der Waals surface area contributed by atoms with Gasteiger partial charge in [-0.05, 0) is 62.7 Å². The highest BCUT2D eigenvalue weighted by Crippen LogP contribution is 2.71. The van der Waals surface area contributed by atoms with Crippen molar-refractivity contribution in [3.63, 3.8) is 0 Å². The summed E-state index contributed by atoms with van der Waals surface area (Å²) < 4.78 is 23.5. The molecule has 3 saturated carbocycles. The summed E-state index contributed by atoms with van der Waals surface area (Å²) in [5.74, 6) is 0.0862. The molecule has 0 amide bonds. The summed E-state index contributed by atoms with van der Waals surface area (Å²) in [7, 11) is 0. The Morgan fingerprint density at radius 1 is 1.08 bits per heavy atom. The molecule has 0 radical (unpaired) electrons. The molecular formula is C26H40O10. The van der Waals surface area contributed by atoms with Crippen LogP contribution >= 0.6 is 0 Å². The maximum atomic E-state index is 12.9. The van der Waals surface area contributed by atoms with Gasteiger partial charge in [0.2, 0.25) is 6.29 Å². The van der Waals surface area contributed by atoms with E-state index >= 15 is 0 Å². The van der Waals surface area contributed by atoms with E-state index in [0.29, 0.717) is 13.0 Å². The maximum absolute atomic E-state index is 12.9. The summed E-state index contributed by atoms with van der Waals surface area (Å²) >= 11 is 0. The molecule has 5 N–H and O–H groups in total. The predicted molar refractivity (Wildman–Crippen MR) is 122 cm³/mol. The number of carbonyl (C=O) groups excluding carboxylic acids is 1. The Bertz CT molecular complexity index is 898. The SMILES string of the molecule is C[C@]12CCC[C@@]3(C)C(=O)O[C@H](OC[C@@]45C[C@@H](CC[C@H]41)[C@@](O)(CO[C@H]1O[C@@H](CO)[C@H](O)[C@@H](O)[C@@H]1O)C5)[C@@H]23. The van der Waals surface area contributed by atoms with Crippen molar-refractivity contribution in [1.29, 1.82) is 0 Å². The lowest BCUT2D eigenvalue weighted by molar-refractivity contribution is -0.310. The van der Waals surface area contributed by atoms with E-state index in [0.717, 1.165) is 38.5 Å². The smallest absolute Gasteiger partial charge is 0.314 e. The van der Waals surface area contributed by atoms with Crippen LogP contribution in [0.2, 0.25) is 0 Å². The predicted octanol–water partition coefficient (Wildman–Crippen LogP) is 0.0662. The number of hydrogen-bond acceptors (Lipinski definition) is 10. The topological polar surface area (TPSA) is 155 Å². The molecule has 10 nitrogen and oxygen atoms in total. The Morgan fingerprint density at radius 2 is 1.86 bits per heavy atom. The van der Waals surface area contributed by atoms with Gasteiger partial charge in [0.1, 0.15) is 24.4 Å². The summed E-state index contributed by atoms with van der Waals surface area (Å²) in [6.07, 6.45) is -1.62. The second kappa shape index (κ2) is 8.32. The molecule has 0 aromatic rings. The minimum Gasteiger partial charge on any atom is -0.435 e. The van der Waals surface area contributed by atoms with Crippen molar-refractivity contribution in [2.24, 2.45) is 34.0 Å². The third kappa shape index (κ3) is 3.35. The third-order valence-corrected chi connectivity index (χ3v) is 11.1. The highest BCUT2D eigenvalue weighted by Gasteiger charge is 2.72. The highest BCUT2D eigenvalue weighted by atomic mass is 16.7. The summed E-state index contributed by atoms with van der Waals surface area (Å²) in [5, 5.41) is 51.9. The van der Waals surface area contributed by atoms with E-state index in [9.17, 15) is 30.3 Å². The zero-order valence-corrected chi connectivity index (χ0v) is 21.0. The average molecular weight is 513 g/mol. The van der Waals surface area contributed by atoms with Crippen molar-refractivity contribution >= 4 is 5.97 Å². The van der Waals surface area contributed by atoms with Crippen LogP contribution in [0.5, 0.6) is 0 Å². The first-order valence-electron chi connectivity index (χ1n) is 13.4. The van der Waals surface area contributed by atoms with Crippen molar-refractivity contribution in [3.8, 4) is 0 Å². The molecule has 3 aliphatic heterocycles. The zero-order valence-electron chi connectivity index (χ0n) is 21.0. The molecule has 0 unspecified atom stereocenters. The molecule has 3 saturated heterocycles. The monoisotopic (exact) mass is 512 g/mol. The largest absolute Gasteiger partial charge is 0.435 e. The second-order valence-corrected chi connectivity index (χ2v) is 13.0. The first-order chi connectivity index (χ1) is 17.0. The number of aliphatic hydroxyl groups excluding tert-OH is 4. The van der Waals surface area contributed by atoms with Gasteiger partial charge >= 0.3 is 5.97 Å². The van der Waals surface area contributed by atoms with E-state index in [-0.39, 0.29) is 41.2 Å². The molecule has 6 rings (SSSR count). The second-order valence-electron chi connectivity index (χ2n) is 13.0. The van der Waals surface area contributed by atoms with Crippen molar-refractivity contribution in [3.05, 3.63) is 0 Å². The van der Waals surface area contributed by atoms with Crippen molar-refractivity contribution < 1.29 is 49.3 Å². The molecule has 0 aromatic carbocycles. The van der Waals surface area contributed by atoms with Crippen molar-refractivity contribution in [2.75, 3.05) is 19.8 Å². The molecule has 6 aliphatic rings. The van der Waals surface area contributed by atoms with E-state index in [1.54, 1.807) is 0 Å². The highest BCUT2D eigenvalue weighted by molar-refractivity contribution is 5.79. The Kier molecular flexibility index (Phi) is 5.88. The average Bonchev–Trinajstić information content (AvgIpc) is 3.18. The van der Waals surface area contributed by atoms with Gasteiger partial charge in [0, 0.05) is 11.3 Å². The Morgan fingerprint density at radius 3 is 2.61 bits per heavy atom. The summed E-state index contributed by atoms with van der Waals surface area (Å²) in [6, 6.07) is 0. The van der Waals surface area contributed by atoms with Crippen LogP contribution < -0.4 is 0 Å². The fourth-order valence-corrected chi connectivity index (χ4v) is 9.45. The van der Waals surface area contributed by atoms with Gasteiger partial charge in [-0.25, -0.2) is 0 Å². The number of esters is 1. The van der Waals surface area contributed by atoms with Crippen LogP contribution in [-0.4, -0.2) is 93.9 Å². The standard InChI is InChI=1S/C26H40O10/c1-23-6-3-7-24(2)19(23)21(36-22(24)31)33-11-25-8-13(4-5-15(23)25)26(32,10-25)12-34-20-18(30)17(29)16(28)14(9-27)35-20/h13-21,27-30,32H,3-12H2,1-2H3/t13-,14+,15+,16+,17-,18+,19+,20+,21+,23+,24-,25+,26+/m1/s1. The molecule has 1 spiro atoms. The Hall–Kier alpha value is -0.850. The van der Waals surface area contributed by atoms with Gasteiger partial charge in [0.25, 0.3) is 0 Å². The Labute approximate surface area is 210 Å². The van der Waals surface area contributed by atoms with Gasteiger partial charge in [-0.3, -0.25) is 4.79 Å². The normalized spacial score (nSPS) is 58.1. The van der Waals surface area contributed by atoms with Crippen LogP contribution in [0, 0.1) is 34.0 Å². The molecule has 3 heterocycles. The molecule has 204 valence electrons. The van der Waals surface area contributed by atoms with E-state index in [1.807, 2.05) is 6.92 Å². The van der Waals surface area contributed by atoms with Gasteiger partial charge in [0.15, 0.2) is 6.29 Å². The molecule has 0 aromatic heterocycles.